The second-order valence-corrected chi connectivity index (χ2v) is 20.6. The zero-order chi connectivity index (χ0) is 43.4. The number of aliphatic hydroxyl groups excluding tert-OH is 1. The summed E-state index contributed by atoms with van der Waals surface area (Å²) < 4.78 is 0. The van der Waals surface area contributed by atoms with Crippen molar-refractivity contribution in [2.45, 2.75) is 231 Å². The van der Waals surface area contributed by atoms with Crippen molar-refractivity contribution in [3.05, 3.63) is 59.4 Å². The third kappa shape index (κ3) is 21.8. The Labute approximate surface area is 364 Å². The van der Waals surface area contributed by atoms with Gasteiger partial charge in [0.15, 0.2) is 0 Å². The molecule has 0 saturated carbocycles. The van der Waals surface area contributed by atoms with Gasteiger partial charge in [-0.05, 0) is 135 Å². The molecule has 0 aliphatic heterocycles. The number of unbranched alkanes of at least 4 members (excludes halogenated alkanes) is 3. The summed E-state index contributed by atoms with van der Waals surface area (Å²) in [6.45, 7) is 38.1. The summed E-state index contributed by atoms with van der Waals surface area (Å²) in [5.74, 6) is 7.82. The topological polar surface area (TPSA) is 20.2 Å². The second-order valence-electron chi connectivity index (χ2n) is 19.2. The third-order valence-electron chi connectivity index (χ3n) is 13.5. The van der Waals surface area contributed by atoms with E-state index in [2.05, 4.69) is 139 Å². The van der Waals surface area contributed by atoms with E-state index in [1.54, 1.807) is 0 Å². The normalized spacial score (nSPS) is 23.4. The van der Waals surface area contributed by atoms with Gasteiger partial charge < -0.3 is 5.11 Å². The fourth-order valence-electron chi connectivity index (χ4n) is 9.16. The Morgan fingerprint density at radius 3 is 2.09 bits per heavy atom. The first-order valence-electron chi connectivity index (χ1n) is 24.9. The van der Waals surface area contributed by atoms with Crippen LogP contribution in [0.3, 0.4) is 0 Å². The summed E-state index contributed by atoms with van der Waals surface area (Å²) >= 11 is 2.24. The molecule has 0 fully saturated rings. The zero-order valence-electron chi connectivity index (χ0n) is 41.3. The van der Waals surface area contributed by atoms with Gasteiger partial charge in [0.1, 0.15) is 0 Å². The first-order chi connectivity index (χ1) is 27.2. The van der Waals surface area contributed by atoms with E-state index in [0.29, 0.717) is 23.5 Å². The zero-order valence-corrected chi connectivity index (χ0v) is 42.1. The fourth-order valence-corrected chi connectivity index (χ4v) is 10.5. The van der Waals surface area contributed by atoms with Gasteiger partial charge in [-0.25, -0.2) is 0 Å². The first kappa shape index (κ1) is 55.9. The highest BCUT2D eigenvalue weighted by atomic mass is 32.2. The molecule has 1 nitrogen and oxygen atoms in total. The van der Waals surface area contributed by atoms with Crippen molar-refractivity contribution < 1.29 is 5.11 Å². The van der Waals surface area contributed by atoms with Gasteiger partial charge in [0.2, 0.25) is 0 Å². The third-order valence-corrected chi connectivity index (χ3v) is 15.1. The summed E-state index contributed by atoms with van der Waals surface area (Å²) in [5.41, 5.74) is 5.00. The minimum atomic E-state index is 0.157. The summed E-state index contributed by atoms with van der Waals surface area (Å²) in [6, 6.07) is 0. The maximum absolute atomic E-state index is 10.6. The van der Waals surface area contributed by atoms with Crippen molar-refractivity contribution in [3.8, 4) is 0 Å². The van der Waals surface area contributed by atoms with Crippen molar-refractivity contribution in [3.63, 3.8) is 0 Å². The highest BCUT2D eigenvalue weighted by Crippen LogP contribution is 2.47. The number of aliphatic hydroxyl groups is 1. The van der Waals surface area contributed by atoms with Crippen LogP contribution in [0.5, 0.6) is 0 Å². The highest BCUT2D eigenvalue weighted by Gasteiger charge is 2.36. The average molecular weight is 811 g/mol. The SMILES string of the molecule is C=CC(C1CCCC2=C1CCCC2)C(CC)C(CCCC)CSC(C)C(C)C.CC.CCCC.CCCCC1CC=CC(C/C(O)=C(\C=C\C(C)(C)C)CC)C1C. The molecule has 2 heteroatoms. The van der Waals surface area contributed by atoms with E-state index in [9.17, 15) is 5.11 Å². The predicted octanol–water partition coefficient (Wildman–Crippen LogP) is 19.1. The molecule has 0 radical (unpaired) electrons. The Morgan fingerprint density at radius 2 is 1.54 bits per heavy atom. The number of thioether (sulfide) groups is 1. The molecule has 0 bridgehead atoms. The van der Waals surface area contributed by atoms with Crippen LogP contribution in [0, 0.1) is 52.8 Å². The van der Waals surface area contributed by atoms with Crippen LogP contribution < -0.4 is 0 Å². The molecule has 0 aromatic heterocycles. The fraction of sp³-hybridized carbons (Fsp3) is 0.818. The molecule has 0 amide bonds. The van der Waals surface area contributed by atoms with E-state index in [4.69, 9.17) is 0 Å². The van der Waals surface area contributed by atoms with Gasteiger partial charge in [-0.1, -0.05) is 190 Å². The summed E-state index contributed by atoms with van der Waals surface area (Å²) in [6.07, 6.45) is 36.2. The Kier molecular flexibility index (Phi) is 31.9. The van der Waals surface area contributed by atoms with Crippen molar-refractivity contribution >= 4 is 11.8 Å². The Balaban J connectivity index is 0.000000981. The summed E-state index contributed by atoms with van der Waals surface area (Å²) in [4.78, 5) is 0. The summed E-state index contributed by atoms with van der Waals surface area (Å²) in [7, 11) is 0. The van der Waals surface area contributed by atoms with Crippen LogP contribution >= 0.6 is 11.8 Å². The molecule has 0 aromatic rings. The van der Waals surface area contributed by atoms with Crippen LogP contribution in [-0.2, 0) is 0 Å². The van der Waals surface area contributed by atoms with E-state index in [-0.39, 0.29) is 5.41 Å². The van der Waals surface area contributed by atoms with Crippen LogP contribution in [0.15, 0.2) is 59.4 Å². The molecule has 3 rings (SSSR count). The van der Waals surface area contributed by atoms with E-state index < -0.39 is 0 Å². The number of allylic oxidation sites excluding steroid dienone is 9. The van der Waals surface area contributed by atoms with Crippen LogP contribution in [0.25, 0.3) is 0 Å². The van der Waals surface area contributed by atoms with Crippen molar-refractivity contribution in [2.75, 3.05) is 5.75 Å². The minimum absolute atomic E-state index is 0.157. The Hall–Kier alpha value is -1.15. The van der Waals surface area contributed by atoms with Gasteiger partial charge in [-0.2, -0.15) is 11.8 Å². The molecule has 3 aliphatic carbocycles. The molecule has 8 unspecified atom stereocenters. The van der Waals surface area contributed by atoms with Gasteiger partial charge in [0.25, 0.3) is 0 Å². The predicted molar refractivity (Wildman–Crippen MR) is 265 cm³/mol. The van der Waals surface area contributed by atoms with Crippen LogP contribution in [-0.4, -0.2) is 16.1 Å². The Bertz CT molecular complexity index is 1120. The number of hydrogen-bond donors (Lipinski definition) is 1. The number of hydrogen-bond acceptors (Lipinski definition) is 2. The molecule has 0 heterocycles. The standard InChI is InChI=1S/C27H48S.C22H38O.C4H10.C2H6/c1-7-10-14-23(19-28-21(6)20(4)5)24(8-2)25(9-3)27-18-13-16-22-15-11-12-17-26(22)27;1-7-9-11-19-12-10-13-20(17(19)3)16-21(23)18(8-2)14-15-22(4,5)6;1-3-4-2;1-2/h9,20-21,23-25,27H,3,7-8,10-19H2,1-2,4-6H3;10,13-15,17,19-20,23H,7-9,11-12,16H2,1-6H3;3-4H2,1-2H3;1-2H3/b;15-14+,21-18+;;. The van der Waals surface area contributed by atoms with Crippen LogP contribution in [0.1, 0.15) is 226 Å². The molecule has 0 spiro atoms. The quantitative estimate of drug-likeness (QED) is 0.0751. The molecule has 0 saturated heterocycles. The van der Waals surface area contributed by atoms with Crippen molar-refractivity contribution in [2.24, 2.45) is 52.8 Å². The molecule has 0 aromatic carbocycles. The lowest BCUT2D eigenvalue weighted by molar-refractivity contribution is 0.196. The lowest BCUT2D eigenvalue weighted by Gasteiger charge is -2.41. The monoisotopic (exact) mass is 811 g/mol. The lowest BCUT2D eigenvalue weighted by Crippen LogP contribution is -2.32. The molecule has 57 heavy (non-hydrogen) atoms. The lowest BCUT2D eigenvalue weighted by atomic mass is 9.64. The van der Waals surface area contributed by atoms with E-state index in [0.717, 1.165) is 53.3 Å². The second kappa shape index (κ2) is 32.6. The minimum Gasteiger partial charge on any atom is -0.512 e. The van der Waals surface area contributed by atoms with Crippen LogP contribution in [0.4, 0.5) is 0 Å². The maximum Gasteiger partial charge on any atom is 0.0960 e. The first-order valence-corrected chi connectivity index (χ1v) is 26.0. The highest BCUT2D eigenvalue weighted by molar-refractivity contribution is 7.99. The van der Waals surface area contributed by atoms with Gasteiger partial charge in [0, 0.05) is 11.7 Å². The molecular weight excluding hydrogens is 709 g/mol. The van der Waals surface area contributed by atoms with Gasteiger partial charge in [-0.3, -0.25) is 0 Å². The largest absolute Gasteiger partial charge is 0.512 e. The maximum atomic E-state index is 10.6. The molecule has 8 atom stereocenters. The van der Waals surface area contributed by atoms with Gasteiger partial charge in [-0.15, -0.1) is 6.58 Å². The molecule has 1 N–H and O–H groups in total. The number of rotatable bonds is 20. The van der Waals surface area contributed by atoms with Crippen molar-refractivity contribution in [1.29, 1.82) is 0 Å². The van der Waals surface area contributed by atoms with Gasteiger partial charge in [0.05, 0.1) is 5.76 Å². The Morgan fingerprint density at radius 1 is 0.912 bits per heavy atom. The van der Waals surface area contributed by atoms with Gasteiger partial charge >= 0.3 is 0 Å². The average Bonchev–Trinajstić information content (AvgIpc) is 3.21. The van der Waals surface area contributed by atoms with Crippen LogP contribution in [0.2, 0.25) is 0 Å². The van der Waals surface area contributed by atoms with E-state index in [1.165, 1.54) is 115 Å². The molecular formula is C55H102OS. The summed E-state index contributed by atoms with van der Waals surface area (Å²) in [5, 5.41) is 11.4. The smallest absolute Gasteiger partial charge is 0.0960 e. The molecule has 3 aliphatic rings. The van der Waals surface area contributed by atoms with E-state index in [1.807, 2.05) is 25.0 Å². The van der Waals surface area contributed by atoms with E-state index >= 15 is 0 Å². The molecule has 334 valence electrons. The van der Waals surface area contributed by atoms with Crippen molar-refractivity contribution in [1.82, 2.24) is 0 Å².